The average Bonchev–Trinajstić information content (AvgIpc) is 2.55. The van der Waals surface area contributed by atoms with Gasteiger partial charge in [0.25, 0.3) is 0 Å². The number of aromatic nitrogens is 1. The van der Waals surface area contributed by atoms with Gasteiger partial charge in [-0.25, -0.2) is 4.79 Å². The molecule has 0 bridgehead atoms. The molecular formula is C13H18N2O2. The fraction of sp³-hybridized carbons (Fsp3) is 0.462. The maximum atomic E-state index is 11.0. The van der Waals surface area contributed by atoms with Gasteiger partial charge in [-0.15, -0.1) is 0 Å². The molecule has 1 aromatic heterocycles. The van der Waals surface area contributed by atoms with E-state index < -0.39 is 5.76 Å². The van der Waals surface area contributed by atoms with Crippen LogP contribution in [0.4, 0.5) is 5.69 Å². The lowest BCUT2D eigenvalue weighted by Gasteiger charge is -2.17. The van der Waals surface area contributed by atoms with Crippen molar-refractivity contribution in [2.24, 2.45) is 5.92 Å². The molecule has 92 valence electrons. The molecule has 4 heteroatoms. The highest BCUT2D eigenvalue weighted by atomic mass is 16.4. The normalized spacial score (nSPS) is 13.2. The molecule has 0 radical (unpaired) electrons. The van der Waals surface area contributed by atoms with Crippen LogP contribution in [0, 0.1) is 5.92 Å². The van der Waals surface area contributed by atoms with E-state index in [2.05, 4.69) is 31.1 Å². The van der Waals surface area contributed by atoms with Crippen LogP contribution in [0.2, 0.25) is 0 Å². The minimum Gasteiger partial charge on any atom is -0.408 e. The van der Waals surface area contributed by atoms with Gasteiger partial charge in [0.05, 0.1) is 5.52 Å². The van der Waals surface area contributed by atoms with E-state index in [9.17, 15) is 4.79 Å². The van der Waals surface area contributed by atoms with Gasteiger partial charge in [-0.2, -0.15) is 0 Å². The first kappa shape index (κ1) is 11.8. The molecule has 0 fully saturated rings. The summed E-state index contributed by atoms with van der Waals surface area (Å²) in [5, 5.41) is 3.41. The quantitative estimate of drug-likeness (QED) is 0.855. The van der Waals surface area contributed by atoms with Crippen LogP contribution in [0.1, 0.15) is 27.2 Å². The number of anilines is 1. The van der Waals surface area contributed by atoms with E-state index in [4.69, 9.17) is 4.42 Å². The third kappa shape index (κ3) is 2.90. The zero-order chi connectivity index (χ0) is 12.4. The lowest BCUT2D eigenvalue weighted by molar-refractivity contribution is 0.540. The first-order valence-corrected chi connectivity index (χ1v) is 5.94. The summed E-state index contributed by atoms with van der Waals surface area (Å²) >= 11 is 0. The van der Waals surface area contributed by atoms with E-state index in [0.717, 1.165) is 17.6 Å². The molecular weight excluding hydrogens is 216 g/mol. The van der Waals surface area contributed by atoms with Crippen LogP contribution in [-0.2, 0) is 0 Å². The highest BCUT2D eigenvalue weighted by Crippen LogP contribution is 2.18. The molecule has 4 nitrogen and oxygen atoms in total. The zero-order valence-corrected chi connectivity index (χ0v) is 10.4. The first-order chi connectivity index (χ1) is 8.04. The van der Waals surface area contributed by atoms with Gasteiger partial charge in [0.15, 0.2) is 5.58 Å². The molecule has 1 atom stereocenters. The third-order valence-electron chi connectivity index (χ3n) is 2.66. The molecule has 1 heterocycles. The summed E-state index contributed by atoms with van der Waals surface area (Å²) in [6.45, 7) is 6.56. The molecule has 0 aliphatic rings. The molecule has 0 aliphatic heterocycles. The van der Waals surface area contributed by atoms with Crippen molar-refractivity contribution in [2.45, 2.75) is 33.2 Å². The summed E-state index contributed by atoms with van der Waals surface area (Å²) in [6, 6.07) is 6.04. The summed E-state index contributed by atoms with van der Waals surface area (Å²) in [7, 11) is 0. The Morgan fingerprint density at radius 3 is 2.82 bits per heavy atom. The smallest absolute Gasteiger partial charge is 0.408 e. The Balaban J connectivity index is 2.16. The molecule has 0 spiro atoms. The Kier molecular flexibility index (Phi) is 3.22. The van der Waals surface area contributed by atoms with E-state index >= 15 is 0 Å². The van der Waals surface area contributed by atoms with Crippen LogP contribution in [-0.4, -0.2) is 11.0 Å². The van der Waals surface area contributed by atoms with Gasteiger partial charge in [-0.05, 0) is 37.5 Å². The lowest BCUT2D eigenvalue weighted by Crippen LogP contribution is -2.17. The maximum absolute atomic E-state index is 11.0. The predicted molar refractivity (Wildman–Crippen MR) is 69.4 cm³/mol. The summed E-state index contributed by atoms with van der Waals surface area (Å²) < 4.78 is 4.95. The van der Waals surface area contributed by atoms with Crippen molar-refractivity contribution >= 4 is 16.8 Å². The minimum absolute atomic E-state index is 0.408. The number of hydrogen-bond acceptors (Lipinski definition) is 3. The van der Waals surface area contributed by atoms with Crippen molar-refractivity contribution in [3.05, 3.63) is 28.7 Å². The fourth-order valence-corrected chi connectivity index (χ4v) is 2.09. The van der Waals surface area contributed by atoms with E-state index in [-0.39, 0.29) is 0 Å². The molecule has 1 unspecified atom stereocenters. The van der Waals surface area contributed by atoms with Crippen LogP contribution in [0.5, 0.6) is 0 Å². The Labute approximate surface area is 100 Å². The van der Waals surface area contributed by atoms with Gasteiger partial charge in [0.1, 0.15) is 0 Å². The number of aromatic amines is 1. The van der Waals surface area contributed by atoms with E-state index in [1.165, 1.54) is 0 Å². The largest absolute Gasteiger partial charge is 0.417 e. The number of benzene rings is 1. The molecule has 2 aromatic rings. The molecule has 0 saturated carbocycles. The Morgan fingerprint density at radius 1 is 1.35 bits per heavy atom. The highest BCUT2D eigenvalue weighted by molar-refractivity contribution is 5.76. The second kappa shape index (κ2) is 4.65. The van der Waals surface area contributed by atoms with Crippen LogP contribution in [0.25, 0.3) is 11.1 Å². The van der Waals surface area contributed by atoms with Crippen LogP contribution < -0.4 is 11.1 Å². The third-order valence-corrected chi connectivity index (χ3v) is 2.66. The number of H-pyrrole nitrogens is 1. The summed E-state index contributed by atoms with van der Waals surface area (Å²) in [5.74, 6) is 0.252. The van der Waals surface area contributed by atoms with E-state index in [1.54, 1.807) is 6.07 Å². The van der Waals surface area contributed by atoms with Gasteiger partial charge in [-0.1, -0.05) is 13.8 Å². The van der Waals surface area contributed by atoms with Crippen molar-refractivity contribution in [2.75, 3.05) is 5.32 Å². The van der Waals surface area contributed by atoms with E-state index in [0.29, 0.717) is 17.5 Å². The molecule has 0 saturated heterocycles. The summed E-state index contributed by atoms with van der Waals surface area (Å²) in [5.41, 5.74) is 2.33. The van der Waals surface area contributed by atoms with Gasteiger partial charge in [0.2, 0.25) is 0 Å². The van der Waals surface area contributed by atoms with Crippen molar-refractivity contribution in [1.29, 1.82) is 0 Å². The molecule has 0 amide bonds. The Hall–Kier alpha value is -1.71. The van der Waals surface area contributed by atoms with Crippen molar-refractivity contribution in [1.82, 2.24) is 4.98 Å². The van der Waals surface area contributed by atoms with Gasteiger partial charge >= 0.3 is 5.76 Å². The Morgan fingerprint density at radius 2 is 2.12 bits per heavy atom. The zero-order valence-electron chi connectivity index (χ0n) is 10.4. The number of oxazole rings is 1. The topological polar surface area (TPSA) is 58.0 Å². The van der Waals surface area contributed by atoms with Crippen molar-refractivity contribution < 1.29 is 4.42 Å². The number of fused-ring (bicyclic) bond motifs is 1. The van der Waals surface area contributed by atoms with Crippen molar-refractivity contribution in [3.8, 4) is 0 Å². The average molecular weight is 234 g/mol. The predicted octanol–water partition coefficient (Wildman–Crippen LogP) is 2.97. The molecule has 17 heavy (non-hydrogen) atoms. The molecule has 0 aliphatic carbocycles. The number of nitrogens with one attached hydrogen (secondary N) is 2. The van der Waals surface area contributed by atoms with Crippen LogP contribution in [0.3, 0.4) is 0 Å². The number of rotatable bonds is 4. The SMILES string of the molecule is CC(C)CC(C)Nc1ccc2oc(=O)[nH]c2c1. The van der Waals surface area contributed by atoms with E-state index in [1.807, 2.05) is 12.1 Å². The summed E-state index contributed by atoms with van der Waals surface area (Å²) in [6.07, 6.45) is 1.11. The van der Waals surface area contributed by atoms with Gasteiger partial charge < -0.3 is 9.73 Å². The molecule has 1 aromatic carbocycles. The van der Waals surface area contributed by atoms with Crippen molar-refractivity contribution in [3.63, 3.8) is 0 Å². The second-order valence-corrected chi connectivity index (χ2v) is 4.90. The standard InChI is InChI=1S/C13H18N2O2/c1-8(2)6-9(3)14-10-4-5-12-11(7-10)15-13(16)17-12/h4-5,7-9,14H,6H2,1-3H3,(H,15,16). The first-order valence-electron chi connectivity index (χ1n) is 5.94. The molecule has 2 rings (SSSR count). The van der Waals surface area contributed by atoms with Gasteiger partial charge in [-0.3, -0.25) is 4.98 Å². The second-order valence-electron chi connectivity index (χ2n) is 4.90. The molecule has 2 N–H and O–H groups in total. The lowest BCUT2D eigenvalue weighted by atomic mass is 10.1. The fourth-order valence-electron chi connectivity index (χ4n) is 2.09. The van der Waals surface area contributed by atoms with Crippen LogP contribution >= 0.6 is 0 Å². The minimum atomic E-state index is -0.410. The summed E-state index contributed by atoms with van der Waals surface area (Å²) in [4.78, 5) is 13.7. The number of hydrogen-bond donors (Lipinski definition) is 2. The Bertz CT molecular complexity index is 554. The maximum Gasteiger partial charge on any atom is 0.417 e. The highest BCUT2D eigenvalue weighted by Gasteiger charge is 2.06. The van der Waals surface area contributed by atoms with Gasteiger partial charge in [0, 0.05) is 11.7 Å². The monoisotopic (exact) mass is 234 g/mol. The van der Waals surface area contributed by atoms with Crippen LogP contribution in [0.15, 0.2) is 27.4 Å².